The van der Waals surface area contributed by atoms with Gasteiger partial charge in [0.25, 0.3) is 0 Å². The first-order valence-corrected chi connectivity index (χ1v) is 7.60. The first kappa shape index (κ1) is 15.3. The Morgan fingerprint density at radius 2 is 1.80 bits per heavy atom. The number of hydrogen-bond acceptors (Lipinski definition) is 4. The number of amides is 1. The van der Waals surface area contributed by atoms with Crippen molar-refractivity contribution in [3.63, 3.8) is 0 Å². The molecule has 0 radical (unpaired) electrons. The zero-order valence-corrected chi connectivity index (χ0v) is 12.3. The van der Waals surface area contributed by atoms with Crippen LogP contribution in [0.25, 0.3) is 0 Å². The zero-order valence-electron chi connectivity index (χ0n) is 12.3. The summed E-state index contributed by atoms with van der Waals surface area (Å²) in [5.41, 5.74) is -1.28. The maximum absolute atomic E-state index is 12.1. The molecule has 2 aliphatic carbocycles. The van der Waals surface area contributed by atoms with E-state index in [0.717, 1.165) is 51.4 Å². The van der Waals surface area contributed by atoms with E-state index < -0.39 is 11.1 Å². The molecule has 0 spiro atoms. The lowest BCUT2D eigenvalue weighted by Gasteiger charge is -2.29. The van der Waals surface area contributed by atoms with Gasteiger partial charge in [0.1, 0.15) is 5.54 Å². The molecule has 2 aliphatic rings. The number of rotatable bonds is 5. The van der Waals surface area contributed by atoms with Crippen LogP contribution in [-0.4, -0.2) is 47.2 Å². The molecule has 2 N–H and O–H groups in total. The van der Waals surface area contributed by atoms with Crippen LogP contribution in [0.5, 0.6) is 0 Å². The normalized spacial score (nSPS) is 23.7. The number of carbonyl (C=O) groups is 1. The average Bonchev–Trinajstić information content (AvgIpc) is 2.99. The molecule has 5 heteroatoms. The molecule has 0 atom stereocenters. The number of hydrogen-bond donors (Lipinski definition) is 2. The highest BCUT2D eigenvalue weighted by Gasteiger charge is 2.36. The Kier molecular flexibility index (Phi) is 4.66. The van der Waals surface area contributed by atoms with Gasteiger partial charge in [-0.3, -0.25) is 9.69 Å². The molecular weight excluding hydrogens is 254 g/mol. The molecule has 2 fully saturated rings. The van der Waals surface area contributed by atoms with Crippen LogP contribution in [0.1, 0.15) is 51.4 Å². The van der Waals surface area contributed by atoms with Gasteiger partial charge in [0.15, 0.2) is 0 Å². The molecule has 0 bridgehead atoms. The standard InChI is InChI=1S/C15H25N3O2/c1-18(12-15(20)8-4-5-9-15)10-13(19)17-14(11-16)6-2-3-7-14/h20H,2-10,12H2,1H3,(H,17,19). The van der Waals surface area contributed by atoms with Crippen LogP contribution in [0.2, 0.25) is 0 Å². The highest BCUT2D eigenvalue weighted by atomic mass is 16.3. The maximum Gasteiger partial charge on any atom is 0.235 e. The minimum Gasteiger partial charge on any atom is -0.389 e. The molecule has 1 amide bonds. The number of likely N-dealkylation sites (N-methyl/N-ethyl adjacent to an activating group) is 1. The lowest BCUT2D eigenvalue weighted by Crippen LogP contribution is -2.50. The van der Waals surface area contributed by atoms with Crippen molar-refractivity contribution in [1.29, 1.82) is 5.26 Å². The summed E-state index contributed by atoms with van der Waals surface area (Å²) >= 11 is 0. The Balaban J connectivity index is 1.80. The summed E-state index contributed by atoms with van der Waals surface area (Å²) in [4.78, 5) is 13.9. The fourth-order valence-electron chi connectivity index (χ4n) is 3.54. The van der Waals surface area contributed by atoms with Crippen molar-refractivity contribution in [2.45, 2.75) is 62.5 Å². The summed E-state index contributed by atoms with van der Waals surface area (Å²) in [7, 11) is 1.85. The van der Waals surface area contributed by atoms with E-state index in [4.69, 9.17) is 0 Å². The summed E-state index contributed by atoms with van der Waals surface area (Å²) in [6, 6.07) is 2.26. The topological polar surface area (TPSA) is 76.4 Å². The van der Waals surface area contributed by atoms with Gasteiger partial charge in [-0.15, -0.1) is 0 Å². The minimum atomic E-state index is -0.651. The summed E-state index contributed by atoms with van der Waals surface area (Å²) in [6.45, 7) is 0.770. The second kappa shape index (κ2) is 6.11. The second-order valence-corrected chi connectivity index (χ2v) is 6.55. The lowest BCUT2D eigenvalue weighted by atomic mass is 10.00. The molecule has 5 nitrogen and oxygen atoms in total. The van der Waals surface area contributed by atoms with Gasteiger partial charge in [-0.1, -0.05) is 12.8 Å². The fourth-order valence-corrected chi connectivity index (χ4v) is 3.54. The van der Waals surface area contributed by atoms with E-state index in [1.807, 2.05) is 11.9 Å². The van der Waals surface area contributed by atoms with Crippen molar-refractivity contribution in [1.82, 2.24) is 10.2 Å². The number of nitrogens with one attached hydrogen (secondary N) is 1. The molecule has 20 heavy (non-hydrogen) atoms. The van der Waals surface area contributed by atoms with Crippen LogP contribution < -0.4 is 5.32 Å². The molecule has 0 saturated heterocycles. The molecule has 0 aliphatic heterocycles. The third-order valence-electron chi connectivity index (χ3n) is 4.56. The Labute approximate surface area is 120 Å². The van der Waals surface area contributed by atoms with E-state index in [0.29, 0.717) is 6.54 Å². The molecule has 112 valence electrons. The van der Waals surface area contributed by atoms with Gasteiger partial charge < -0.3 is 10.4 Å². The molecule has 2 saturated carbocycles. The molecular formula is C15H25N3O2. The smallest absolute Gasteiger partial charge is 0.235 e. The van der Waals surface area contributed by atoms with E-state index in [1.54, 1.807) is 0 Å². The van der Waals surface area contributed by atoms with E-state index in [2.05, 4.69) is 11.4 Å². The predicted molar refractivity (Wildman–Crippen MR) is 75.9 cm³/mol. The van der Waals surface area contributed by atoms with Crippen molar-refractivity contribution in [3.8, 4) is 6.07 Å². The van der Waals surface area contributed by atoms with Crippen molar-refractivity contribution >= 4 is 5.91 Å². The monoisotopic (exact) mass is 279 g/mol. The number of carbonyl (C=O) groups excluding carboxylic acids is 1. The van der Waals surface area contributed by atoms with Crippen molar-refractivity contribution in [2.24, 2.45) is 0 Å². The highest BCUT2D eigenvalue weighted by Crippen LogP contribution is 2.30. The average molecular weight is 279 g/mol. The van der Waals surface area contributed by atoms with Gasteiger partial charge in [-0.05, 0) is 45.6 Å². The quantitative estimate of drug-likeness (QED) is 0.792. The summed E-state index contributed by atoms with van der Waals surface area (Å²) in [5.74, 6) is -0.113. The SMILES string of the molecule is CN(CC(=O)NC1(C#N)CCCC1)CC1(O)CCCC1. The molecule has 2 rings (SSSR count). The summed E-state index contributed by atoms with van der Waals surface area (Å²) in [5, 5.41) is 22.5. The Morgan fingerprint density at radius 3 is 2.35 bits per heavy atom. The first-order chi connectivity index (χ1) is 9.47. The first-order valence-electron chi connectivity index (χ1n) is 7.60. The van der Waals surface area contributed by atoms with Crippen LogP contribution in [0.4, 0.5) is 0 Å². The van der Waals surface area contributed by atoms with E-state index >= 15 is 0 Å². The predicted octanol–water partition coefficient (Wildman–Crippen LogP) is 1.18. The molecule has 0 aromatic carbocycles. The summed E-state index contributed by atoms with van der Waals surface area (Å²) in [6.07, 6.45) is 7.28. The van der Waals surface area contributed by atoms with Crippen molar-refractivity contribution in [3.05, 3.63) is 0 Å². The van der Waals surface area contributed by atoms with Gasteiger partial charge in [-0.25, -0.2) is 0 Å². The fraction of sp³-hybridized carbons (Fsp3) is 0.867. The van der Waals surface area contributed by atoms with Gasteiger partial charge >= 0.3 is 0 Å². The zero-order chi connectivity index (χ0) is 14.6. The van der Waals surface area contributed by atoms with Gasteiger partial charge in [0.05, 0.1) is 18.2 Å². The third-order valence-corrected chi connectivity index (χ3v) is 4.56. The molecule has 0 aromatic heterocycles. The largest absolute Gasteiger partial charge is 0.389 e. The second-order valence-electron chi connectivity index (χ2n) is 6.55. The van der Waals surface area contributed by atoms with E-state index in [9.17, 15) is 15.2 Å². The van der Waals surface area contributed by atoms with Gasteiger partial charge in [0, 0.05) is 6.54 Å². The Morgan fingerprint density at radius 1 is 1.25 bits per heavy atom. The lowest BCUT2D eigenvalue weighted by molar-refractivity contribution is -0.123. The number of nitriles is 1. The van der Waals surface area contributed by atoms with Crippen LogP contribution in [0, 0.1) is 11.3 Å². The number of nitrogens with zero attached hydrogens (tertiary/aromatic N) is 2. The Bertz CT molecular complexity index is 390. The van der Waals surface area contributed by atoms with E-state index in [-0.39, 0.29) is 12.5 Å². The minimum absolute atomic E-state index is 0.113. The molecule has 0 aromatic rings. The third kappa shape index (κ3) is 3.71. The molecule has 0 heterocycles. The summed E-state index contributed by atoms with van der Waals surface area (Å²) < 4.78 is 0. The van der Waals surface area contributed by atoms with Crippen LogP contribution in [0.3, 0.4) is 0 Å². The highest BCUT2D eigenvalue weighted by molar-refractivity contribution is 5.79. The van der Waals surface area contributed by atoms with Gasteiger partial charge in [-0.2, -0.15) is 5.26 Å². The van der Waals surface area contributed by atoms with Crippen molar-refractivity contribution in [2.75, 3.05) is 20.1 Å². The van der Waals surface area contributed by atoms with Crippen LogP contribution in [-0.2, 0) is 4.79 Å². The van der Waals surface area contributed by atoms with Crippen LogP contribution >= 0.6 is 0 Å². The maximum atomic E-state index is 12.1. The Hall–Kier alpha value is -1.12. The van der Waals surface area contributed by atoms with Gasteiger partial charge in [0.2, 0.25) is 5.91 Å². The van der Waals surface area contributed by atoms with E-state index in [1.165, 1.54) is 0 Å². The van der Waals surface area contributed by atoms with Crippen molar-refractivity contribution < 1.29 is 9.90 Å². The number of aliphatic hydroxyl groups is 1. The molecule has 0 unspecified atom stereocenters. The van der Waals surface area contributed by atoms with Crippen LogP contribution in [0.15, 0.2) is 0 Å².